The third-order valence-corrected chi connectivity index (χ3v) is 5.45. The molecule has 10 heteroatoms. The van der Waals surface area contributed by atoms with Crippen LogP contribution in [-0.4, -0.2) is 51.0 Å². The van der Waals surface area contributed by atoms with Crippen LogP contribution >= 0.6 is 0 Å². The SMILES string of the molecule is Cc1c(O/N=C(\c2ccccc2)c2ccc(F)c(F)c2)ncnc1OC1CCN(C(=O)O)CC1. The lowest BCUT2D eigenvalue weighted by Crippen LogP contribution is -2.41. The minimum absolute atomic E-state index is 0.143. The summed E-state index contributed by atoms with van der Waals surface area (Å²) in [5, 5.41) is 13.3. The lowest BCUT2D eigenvalue weighted by atomic mass is 10.0. The minimum atomic E-state index is -0.996. The molecule has 2 heterocycles. The van der Waals surface area contributed by atoms with Crippen LogP contribution < -0.4 is 9.57 Å². The lowest BCUT2D eigenvalue weighted by Gasteiger charge is -2.30. The average molecular weight is 468 g/mol. The Kier molecular flexibility index (Phi) is 6.95. The molecule has 1 saturated heterocycles. The van der Waals surface area contributed by atoms with E-state index in [0.29, 0.717) is 54.2 Å². The molecule has 1 aromatic heterocycles. The quantitative estimate of drug-likeness (QED) is 0.425. The first-order valence-electron chi connectivity index (χ1n) is 10.6. The van der Waals surface area contributed by atoms with Crippen molar-refractivity contribution < 1.29 is 28.3 Å². The van der Waals surface area contributed by atoms with Gasteiger partial charge in [0.25, 0.3) is 5.88 Å². The number of aromatic nitrogens is 2. The highest BCUT2D eigenvalue weighted by atomic mass is 19.2. The van der Waals surface area contributed by atoms with E-state index < -0.39 is 17.7 Å². The van der Waals surface area contributed by atoms with Gasteiger partial charge in [-0.15, -0.1) is 0 Å². The maximum absolute atomic E-state index is 13.9. The number of piperidine rings is 1. The molecule has 1 aliphatic heterocycles. The fourth-order valence-corrected chi connectivity index (χ4v) is 3.55. The highest BCUT2D eigenvalue weighted by molar-refractivity contribution is 6.12. The van der Waals surface area contributed by atoms with Crippen LogP contribution in [0.4, 0.5) is 13.6 Å². The van der Waals surface area contributed by atoms with Crippen molar-refractivity contribution in [1.29, 1.82) is 0 Å². The van der Waals surface area contributed by atoms with E-state index in [0.717, 1.165) is 12.1 Å². The van der Waals surface area contributed by atoms with Gasteiger partial charge in [0, 0.05) is 37.1 Å². The molecule has 0 radical (unpaired) electrons. The molecule has 3 aromatic rings. The van der Waals surface area contributed by atoms with E-state index in [9.17, 15) is 13.6 Å². The van der Waals surface area contributed by atoms with Gasteiger partial charge in [-0.25, -0.2) is 18.6 Å². The van der Waals surface area contributed by atoms with Crippen LogP contribution in [0.5, 0.6) is 11.8 Å². The molecule has 0 saturated carbocycles. The topological polar surface area (TPSA) is 97.1 Å². The Hall–Kier alpha value is -4.08. The molecule has 1 amide bonds. The first-order valence-corrected chi connectivity index (χ1v) is 10.6. The summed E-state index contributed by atoms with van der Waals surface area (Å²) in [4.78, 5) is 26.3. The fraction of sp³-hybridized carbons (Fsp3) is 0.250. The minimum Gasteiger partial charge on any atom is -0.474 e. The Morgan fingerprint density at radius 2 is 1.74 bits per heavy atom. The Labute approximate surface area is 194 Å². The van der Waals surface area contributed by atoms with Crippen molar-refractivity contribution in [3.63, 3.8) is 0 Å². The largest absolute Gasteiger partial charge is 0.474 e. The van der Waals surface area contributed by atoms with Gasteiger partial charge in [-0.3, -0.25) is 0 Å². The lowest BCUT2D eigenvalue weighted by molar-refractivity contribution is 0.0863. The molecule has 176 valence electrons. The number of carboxylic acid groups (broad SMARTS) is 1. The predicted octanol–water partition coefficient (Wildman–Crippen LogP) is 4.42. The Morgan fingerprint density at radius 3 is 2.41 bits per heavy atom. The summed E-state index contributed by atoms with van der Waals surface area (Å²) >= 11 is 0. The van der Waals surface area contributed by atoms with Gasteiger partial charge in [0.15, 0.2) is 11.6 Å². The molecule has 1 fully saturated rings. The normalized spacial score (nSPS) is 14.7. The molecule has 0 bridgehead atoms. The highest BCUT2D eigenvalue weighted by Gasteiger charge is 2.25. The van der Waals surface area contributed by atoms with E-state index in [1.54, 1.807) is 31.2 Å². The van der Waals surface area contributed by atoms with Crippen LogP contribution in [0, 0.1) is 18.6 Å². The zero-order valence-electron chi connectivity index (χ0n) is 18.3. The molecular formula is C24H22F2N4O4. The Bertz CT molecular complexity index is 1200. The van der Waals surface area contributed by atoms with Crippen LogP contribution in [0.3, 0.4) is 0 Å². The number of carbonyl (C=O) groups is 1. The van der Waals surface area contributed by atoms with Crippen LogP contribution in [0.1, 0.15) is 29.5 Å². The van der Waals surface area contributed by atoms with E-state index in [2.05, 4.69) is 15.1 Å². The molecule has 1 N–H and O–H groups in total. The van der Waals surface area contributed by atoms with Gasteiger partial charge in [0.1, 0.15) is 18.1 Å². The van der Waals surface area contributed by atoms with Gasteiger partial charge in [-0.05, 0) is 25.1 Å². The molecular weight excluding hydrogens is 446 g/mol. The van der Waals surface area contributed by atoms with Gasteiger partial charge in [-0.2, -0.15) is 4.98 Å². The van der Waals surface area contributed by atoms with Crippen LogP contribution in [-0.2, 0) is 0 Å². The fourth-order valence-electron chi connectivity index (χ4n) is 3.55. The Morgan fingerprint density at radius 1 is 1.03 bits per heavy atom. The van der Waals surface area contributed by atoms with Crippen molar-refractivity contribution in [2.75, 3.05) is 13.1 Å². The standard InChI is InChI=1S/C24H22F2N4O4/c1-15-22(33-18-9-11-30(12-10-18)24(31)32)27-14-28-23(15)34-29-21(16-5-3-2-4-6-16)17-7-8-19(25)20(26)13-17/h2-8,13-14,18H,9-12H2,1H3,(H,31,32)/b29-21+. The third-order valence-electron chi connectivity index (χ3n) is 5.45. The van der Waals surface area contributed by atoms with Gasteiger partial charge in [-0.1, -0.05) is 35.5 Å². The van der Waals surface area contributed by atoms with Crippen molar-refractivity contribution in [3.05, 3.63) is 83.2 Å². The van der Waals surface area contributed by atoms with E-state index in [4.69, 9.17) is 14.7 Å². The highest BCUT2D eigenvalue weighted by Crippen LogP contribution is 2.26. The number of hydrogen-bond donors (Lipinski definition) is 1. The first kappa shape index (κ1) is 23.1. The molecule has 0 unspecified atom stereocenters. The summed E-state index contributed by atoms with van der Waals surface area (Å²) in [6.45, 7) is 2.48. The molecule has 1 aliphatic rings. The van der Waals surface area contributed by atoms with Gasteiger partial charge >= 0.3 is 6.09 Å². The molecule has 34 heavy (non-hydrogen) atoms. The van der Waals surface area contributed by atoms with Gasteiger partial charge in [0.2, 0.25) is 5.88 Å². The van der Waals surface area contributed by atoms with Crippen LogP contribution in [0.15, 0.2) is 60.0 Å². The van der Waals surface area contributed by atoms with Crippen molar-refractivity contribution in [2.24, 2.45) is 5.16 Å². The van der Waals surface area contributed by atoms with Gasteiger partial charge in [0.05, 0.1) is 5.56 Å². The zero-order chi connectivity index (χ0) is 24.1. The molecule has 0 aliphatic carbocycles. The summed E-state index contributed by atoms with van der Waals surface area (Å²) in [5.74, 6) is -1.50. The smallest absolute Gasteiger partial charge is 0.407 e. The second kappa shape index (κ2) is 10.2. The summed E-state index contributed by atoms with van der Waals surface area (Å²) in [5.41, 5.74) is 1.77. The number of amides is 1. The van der Waals surface area contributed by atoms with Crippen LogP contribution in [0.2, 0.25) is 0 Å². The predicted molar refractivity (Wildman–Crippen MR) is 119 cm³/mol. The second-order valence-corrected chi connectivity index (χ2v) is 7.72. The number of ether oxygens (including phenoxy) is 1. The zero-order valence-corrected chi connectivity index (χ0v) is 18.3. The molecule has 0 spiro atoms. The summed E-state index contributed by atoms with van der Waals surface area (Å²) in [7, 11) is 0. The van der Waals surface area contributed by atoms with Crippen molar-refractivity contribution in [1.82, 2.24) is 14.9 Å². The summed E-state index contributed by atoms with van der Waals surface area (Å²) in [6.07, 6.45) is 1.22. The summed E-state index contributed by atoms with van der Waals surface area (Å²) < 4.78 is 33.3. The maximum Gasteiger partial charge on any atom is 0.407 e. The summed E-state index contributed by atoms with van der Waals surface area (Å²) in [6, 6.07) is 12.5. The number of halogens is 2. The molecule has 0 atom stereocenters. The number of rotatable bonds is 6. The Balaban J connectivity index is 1.56. The van der Waals surface area contributed by atoms with E-state index >= 15 is 0 Å². The van der Waals surface area contributed by atoms with Gasteiger partial charge < -0.3 is 19.6 Å². The van der Waals surface area contributed by atoms with E-state index in [1.165, 1.54) is 17.3 Å². The number of nitrogens with zero attached hydrogens (tertiary/aromatic N) is 4. The van der Waals surface area contributed by atoms with Crippen molar-refractivity contribution >= 4 is 11.8 Å². The maximum atomic E-state index is 13.9. The van der Waals surface area contributed by atoms with Crippen LogP contribution in [0.25, 0.3) is 0 Å². The van der Waals surface area contributed by atoms with E-state index in [-0.39, 0.29) is 12.0 Å². The molecule has 2 aromatic carbocycles. The first-order chi connectivity index (χ1) is 16.4. The molecule has 8 nitrogen and oxygen atoms in total. The third kappa shape index (κ3) is 5.28. The number of likely N-dealkylation sites (tertiary alicyclic amines) is 1. The number of benzene rings is 2. The second-order valence-electron chi connectivity index (χ2n) is 7.72. The van der Waals surface area contributed by atoms with E-state index in [1.807, 2.05) is 6.07 Å². The van der Waals surface area contributed by atoms with Crippen molar-refractivity contribution in [3.8, 4) is 11.8 Å². The average Bonchev–Trinajstić information content (AvgIpc) is 2.84. The number of oxime groups is 1. The number of hydrogen-bond acceptors (Lipinski definition) is 6. The molecule has 4 rings (SSSR count). The monoisotopic (exact) mass is 468 g/mol. The van der Waals surface area contributed by atoms with Crippen molar-refractivity contribution in [2.45, 2.75) is 25.9 Å².